The fraction of sp³-hybridized carbons (Fsp3) is 0.500. The first-order chi connectivity index (χ1) is 6.15. The Morgan fingerprint density at radius 2 is 2.31 bits per heavy atom. The van der Waals surface area contributed by atoms with Crippen molar-refractivity contribution in [1.29, 1.82) is 0 Å². The van der Waals surface area contributed by atoms with E-state index in [2.05, 4.69) is 25.4 Å². The highest BCUT2D eigenvalue weighted by Gasteiger charge is 2.14. The summed E-state index contributed by atoms with van der Waals surface area (Å²) >= 11 is 0. The van der Waals surface area contributed by atoms with Gasteiger partial charge in [-0.3, -0.25) is 0 Å². The Balaban J connectivity index is 2.89. The number of nitrogens with two attached hydrogens (primary N) is 1. The van der Waals surface area contributed by atoms with Crippen LogP contribution in [0.15, 0.2) is 9.78 Å². The van der Waals surface area contributed by atoms with E-state index in [1.807, 2.05) is 13.8 Å². The lowest BCUT2D eigenvalue weighted by Crippen LogP contribution is -2.18. The van der Waals surface area contributed by atoms with Crippen molar-refractivity contribution in [3.63, 3.8) is 0 Å². The van der Waals surface area contributed by atoms with Gasteiger partial charge in [0.2, 0.25) is 5.82 Å². The molecule has 0 radical (unpaired) electrons. The monoisotopic (exact) mass is 185 g/mol. The Bertz CT molecular complexity index is 306. The van der Waals surface area contributed by atoms with Crippen molar-refractivity contribution in [3.05, 3.63) is 5.69 Å². The first-order valence-corrected chi connectivity index (χ1v) is 3.72. The molecular weight excluding hydrogens is 174 g/mol. The molecular formula is C6H11N5O2. The van der Waals surface area contributed by atoms with Gasteiger partial charge >= 0.3 is 0 Å². The quantitative estimate of drug-likeness (QED) is 0.264. The molecule has 0 aliphatic carbocycles. The summed E-state index contributed by atoms with van der Waals surface area (Å²) in [5, 5.41) is 21.1. The number of aromatic nitrogens is 2. The molecule has 1 aromatic heterocycles. The molecule has 0 aliphatic heterocycles. The molecule has 0 fully saturated rings. The first kappa shape index (κ1) is 9.30. The Kier molecular flexibility index (Phi) is 2.68. The van der Waals surface area contributed by atoms with Gasteiger partial charge in [-0.2, -0.15) is 0 Å². The number of nitrogens with one attached hydrogen (secondary N) is 1. The molecule has 0 amide bonds. The van der Waals surface area contributed by atoms with Crippen molar-refractivity contribution in [2.45, 2.75) is 19.9 Å². The normalized spacial score (nSPS) is 12.1. The maximum atomic E-state index is 8.39. The minimum atomic E-state index is -0.135. The van der Waals surface area contributed by atoms with Gasteiger partial charge in [0.15, 0.2) is 11.5 Å². The molecule has 0 spiro atoms. The fourth-order valence-electron chi connectivity index (χ4n) is 0.772. The molecule has 0 aromatic carbocycles. The molecule has 4 N–H and O–H groups in total. The number of nitrogens with zero attached hydrogens (tertiary/aromatic N) is 3. The molecule has 72 valence electrons. The third kappa shape index (κ3) is 2.08. The van der Waals surface area contributed by atoms with E-state index < -0.39 is 0 Å². The maximum absolute atomic E-state index is 8.39. The second-order valence-corrected chi connectivity index (χ2v) is 2.75. The van der Waals surface area contributed by atoms with Gasteiger partial charge in [0.25, 0.3) is 0 Å². The smallest absolute Gasteiger partial charge is 0.202 e. The predicted molar refractivity (Wildman–Crippen MR) is 45.6 cm³/mol. The molecule has 1 heterocycles. The van der Waals surface area contributed by atoms with Crippen LogP contribution in [0, 0.1) is 0 Å². The van der Waals surface area contributed by atoms with Crippen LogP contribution in [-0.2, 0) is 0 Å². The van der Waals surface area contributed by atoms with Crippen LogP contribution in [0.5, 0.6) is 0 Å². The van der Waals surface area contributed by atoms with Crippen molar-refractivity contribution in [2.75, 3.05) is 5.32 Å². The van der Waals surface area contributed by atoms with Crippen molar-refractivity contribution < 1.29 is 9.84 Å². The van der Waals surface area contributed by atoms with Gasteiger partial charge in [0.1, 0.15) is 0 Å². The minimum Gasteiger partial charge on any atom is -0.409 e. The summed E-state index contributed by atoms with van der Waals surface area (Å²) in [6, 6.07) is 0.164. The van der Waals surface area contributed by atoms with Crippen LogP contribution < -0.4 is 11.1 Å². The zero-order valence-corrected chi connectivity index (χ0v) is 7.35. The van der Waals surface area contributed by atoms with Crippen LogP contribution in [-0.4, -0.2) is 27.4 Å². The molecule has 0 aliphatic rings. The third-order valence-electron chi connectivity index (χ3n) is 1.26. The van der Waals surface area contributed by atoms with E-state index in [9.17, 15) is 0 Å². The van der Waals surface area contributed by atoms with E-state index in [0.717, 1.165) is 0 Å². The van der Waals surface area contributed by atoms with Crippen LogP contribution in [0.2, 0.25) is 0 Å². The topological polar surface area (TPSA) is 110 Å². The number of hydrogen-bond donors (Lipinski definition) is 3. The van der Waals surface area contributed by atoms with Gasteiger partial charge in [0, 0.05) is 6.04 Å². The van der Waals surface area contributed by atoms with Gasteiger partial charge in [-0.05, 0) is 24.2 Å². The van der Waals surface area contributed by atoms with Crippen LogP contribution in [0.4, 0.5) is 5.82 Å². The second-order valence-electron chi connectivity index (χ2n) is 2.75. The Morgan fingerprint density at radius 3 is 2.85 bits per heavy atom. The van der Waals surface area contributed by atoms with E-state index in [1.54, 1.807) is 0 Å². The molecule has 0 atom stereocenters. The largest absolute Gasteiger partial charge is 0.409 e. The minimum absolute atomic E-state index is 0.135. The highest BCUT2D eigenvalue weighted by atomic mass is 16.6. The van der Waals surface area contributed by atoms with Crippen LogP contribution >= 0.6 is 0 Å². The third-order valence-corrected chi connectivity index (χ3v) is 1.26. The van der Waals surface area contributed by atoms with Crippen molar-refractivity contribution >= 4 is 11.7 Å². The maximum Gasteiger partial charge on any atom is 0.202 e. The van der Waals surface area contributed by atoms with Crippen LogP contribution in [0.25, 0.3) is 0 Å². The summed E-state index contributed by atoms with van der Waals surface area (Å²) in [6.07, 6.45) is 0. The van der Waals surface area contributed by atoms with Crippen LogP contribution in [0.3, 0.4) is 0 Å². The van der Waals surface area contributed by atoms with E-state index in [1.165, 1.54) is 0 Å². The standard InChI is InChI=1S/C6H11N5O2/c1-3(2)8-6-4(5(7)9-12)10-13-11-6/h3,12H,1-2H3,(H2,7,9)(H,8,11). The zero-order chi connectivity index (χ0) is 9.84. The average molecular weight is 185 g/mol. The average Bonchev–Trinajstić information content (AvgIpc) is 2.50. The molecule has 7 heteroatoms. The SMILES string of the molecule is CC(C)Nc1nonc1/C(N)=N/O. The highest BCUT2D eigenvalue weighted by Crippen LogP contribution is 2.09. The summed E-state index contributed by atoms with van der Waals surface area (Å²) in [4.78, 5) is 0. The predicted octanol–water partition coefficient (Wildman–Crippen LogP) is -0.0156. The van der Waals surface area contributed by atoms with Gasteiger partial charge in [-0.25, -0.2) is 4.63 Å². The van der Waals surface area contributed by atoms with Crippen molar-refractivity contribution in [1.82, 2.24) is 10.3 Å². The van der Waals surface area contributed by atoms with Gasteiger partial charge in [-0.15, -0.1) is 0 Å². The number of rotatable bonds is 3. The van der Waals surface area contributed by atoms with Crippen molar-refractivity contribution in [2.24, 2.45) is 10.9 Å². The number of amidine groups is 1. The number of oxime groups is 1. The van der Waals surface area contributed by atoms with Gasteiger partial charge < -0.3 is 16.3 Å². The second kappa shape index (κ2) is 3.74. The summed E-state index contributed by atoms with van der Waals surface area (Å²) in [5.74, 6) is 0.231. The number of hydrogen-bond acceptors (Lipinski definition) is 6. The summed E-state index contributed by atoms with van der Waals surface area (Å²) in [7, 11) is 0. The summed E-state index contributed by atoms with van der Waals surface area (Å²) in [6.45, 7) is 3.84. The van der Waals surface area contributed by atoms with Gasteiger partial charge in [-0.1, -0.05) is 5.16 Å². The molecule has 0 unspecified atom stereocenters. The molecule has 7 nitrogen and oxygen atoms in total. The zero-order valence-electron chi connectivity index (χ0n) is 7.35. The molecule has 0 saturated carbocycles. The molecule has 1 rings (SSSR count). The molecule has 1 aromatic rings. The lowest BCUT2D eigenvalue weighted by atomic mass is 10.3. The highest BCUT2D eigenvalue weighted by molar-refractivity contribution is 5.99. The summed E-state index contributed by atoms with van der Waals surface area (Å²) < 4.78 is 4.44. The first-order valence-electron chi connectivity index (χ1n) is 3.72. The van der Waals surface area contributed by atoms with E-state index in [4.69, 9.17) is 10.9 Å². The fourth-order valence-corrected chi connectivity index (χ4v) is 0.772. The van der Waals surface area contributed by atoms with E-state index in [-0.39, 0.29) is 17.6 Å². The Labute approximate surface area is 74.6 Å². The van der Waals surface area contributed by atoms with E-state index in [0.29, 0.717) is 5.82 Å². The molecule has 0 saturated heterocycles. The molecule has 13 heavy (non-hydrogen) atoms. The lowest BCUT2D eigenvalue weighted by molar-refractivity contribution is 0.304. The Hall–Kier alpha value is -1.79. The number of anilines is 1. The van der Waals surface area contributed by atoms with Crippen molar-refractivity contribution in [3.8, 4) is 0 Å². The van der Waals surface area contributed by atoms with E-state index >= 15 is 0 Å². The van der Waals surface area contributed by atoms with Gasteiger partial charge in [0.05, 0.1) is 0 Å². The molecule has 0 bridgehead atoms. The Morgan fingerprint density at radius 1 is 1.62 bits per heavy atom. The lowest BCUT2D eigenvalue weighted by Gasteiger charge is -2.05. The summed E-state index contributed by atoms with van der Waals surface area (Å²) in [5.41, 5.74) is 5.52. The van der Waals surface area contributed by atoms with Crippen LogP contribution in [0.1, 0.15) is 19.5 Å².